The number of ether oxygens (including phenoxy) is 1. The molecule has 4 aromatic rings. The lowest BCUT2D eigenvalue weighted by Gasteiger charge is -2.12. The van der Waals surface area contributed by atoms with Gasteiger partial charge in [0.05, 0.1) is 17.3 Å². The molecule has 0 bridgehead atoms. The van der Waals surface area contributed by atoms with Crippen LogP contribution in [0, 0.1) is 11.3 Å². The molecule has 0 unspecified atom stereocenters. The molecule has 0 fully saturated rings. The van der Waals surface area contributed by atoms with Crippen molar-refractivity contribution < 1.29 is 4.74 Å². The van der Waals surface area contributed by atoms with Crippen LogP contribution in [0.4, 0.5) is 0 Å². The van der Waals surface area contributed by atoms with E-state index in [-0.39, 0.29) is 0 Å². The topological polar surface area (TPSA) is 76.9 Å². The number of rotatable bonds is 6. The largest absolute Gasteiger partial charge is 0.439 e. The summed E-state index contributed by atoms with van der Waals surface area (Å²) in [6.07, 6.45) is 0.842. The Morgan fingerprint density at radius 1 is 0.967 bits per heavy atom. The first kappa shape index (κ1) is 19.4. The highest BCUT2D eigenvalue weighted by Crippen LogP contribution is 2.35. The highest BCUT2D eigenvalue weighted by atomic mass is 16.5. The first-order chi connectivity index (χ1) is 14.7. The van der Waals surface area contributed by atoms with Gasteiger partial charge in [-0.2, -0.15) is 10.4 Å². The number of aromatic nitrogens is 2. The van der Waals surface area contributed by atoms with E-state index < -0.39 is 0 Å². The summed E-state index contributed by atoms with van der Waals surface area (Å²) in [6.45, 7) is 0.620. The number of nitriles is 1. The third-order valence-electron chi connectivity index (χ3n) is 4.93. The van der Waals surface area contributed by atoms with E-state index in [0.717, 1.165) is 28.8 Å². The normalized spacial score (nSPS) is 10.6. The second-order valence-corrected chi connectivity index (χ2v) is 7.02. The van der Waals surface area contributed by atoms with Crippen molar-refractivity contribution >= 4 is 0 Å². The summed E-state index contributed by atoms with van der Waals surface area (Å²) in [4.78, 5) is 0. The molecular weight excluding hydrogens is 372 g/mol. The van der Waals surface area contributed by atoms with Crippen LogP contribution >= 0.6 is 0 Å². The van der Waals surface area contributed by atoms with Gasteiger partial charge in [0, 0.05) is 24.2 Å². The highest BCUT2D eigenvalue weighted by molar-refractivity contribution is 5.72. The van der Waals surface area contributed by atoms with Gasteiger partial charge in [-0.1, -0.05) is 54.6 Å². The van der Waals surface area contributed by atoms with Crippen molar-refractivity contribution in [3.05, 3.63) is 90.0 Å². The lowest BCUT2D eigenvalue weighted by atomic mass is 10.0. The SMILES string of the molecule is Cn1nc(-c2ccccc2)cc1Oc1cc(C#N)ccc1-c1ccc(CCN)cc1. The van der Waals surface area contributed by atoms with Crippen LogP contribution in [0.3, 0.4) is 0 Å². The van der Waals surface area contributed by atoms with Crippen molar-refractivity contribution in [2.45, 2.75) is 6.42 Å². The quantitative estimate of drug-likeness (QED) is 0.504. The van der Waals surface area contributed by atoms with Gasteiger partial charge in [-0.25, -0.2) is 4.68 Å². The minimum absolute atomic E-state index is 0.541. The molecule has 0 spiro atoms. The molecule has 1 heterocycles. The second-order valence-electron chi connectivity index (χ2n) is 7.02. The molecule has 0 aliphatic rings. The molecule has 30 heavy (non-hydrogen) atoms. The second kappa shape index (κ2) is 8.64. The summed E-state index contributed by atoms with van der Waals surface area (Å²) < 4.78 is 7.95. The molecule has 0 aliphatic carbocycles. The smallest absolute Gasteiger partial charge is 0.218 e. The van der Waals surface area contributed by atoms with Gasteiger partial charge < -0.3 is 10.5 Å². The Hall–Kier alpha value is -3.88. The van der Waals surface area contributed by atoms with Crippen LogP contribution in [0.25, 0.3) is 22.4 Å². The summed E-state index contributed by atoms with van der Waals surface area (Å²) in [7, 11) is 1.84. The van der Waals surface area contributed by atoms with Gasteiger partial charge in [0.25, 0.3) is 0 Å². The molecule has 1 aromatic heterocycles. The predicted molar refractivity (Wildman–Crippen MR) is 118 cm³/mol. The van der Waals surface area contributed by atoms with Crippen molar-refractivity contribution in [2.75, 3.05) is 6.54 Å². The third-order valence-corrected chi connectivity index (χ3v) is 4.93. The van der Waals surface area contributed by atoms with Crippen molar-refractivity contribution in [2.24, 2.45) is 12.8 Å². The Morgan fingerprint density at radius 3 is 2.43 bits per heavy atom. The average Bonchev–Trinajstić information content (AvgIpc) is 3.15. The van der Waals surface area contributed by atoms with Gasteiger partial charge in [-0.05, 0) is 42.3 Å². The standard InChI is InChI=1S/C25H22N4O/c1-29-25(16-23(28-29)21-5-3-2-4-6-21)30-24-15-19(17-27)9-12-22(24)20-10-7-18(8-11-20)13-14-26/h2-12,15-16H,13-14,26H2,1H3. The number of hydrogen-bond acceptors (Lipinski definition) is 4. The molecule has 0 saturated heterocycles. The number of nitrogens with two attached hydrogens (primary N) is 1. The van der Waals surface area contributed by atoms with E-state index in [9.17, 15) is 5.26 Å². The van der Waals surface area contributed by atoms with E-state index in [1.165, 1.54) is 5.56 Å². The van der Waals surface area contributed by atoms with Crippen LogP contribution in [0.15, 0.2) is 78.9 Å². The van der Waals surface area contributed by atoms with Crippen molar-refractivity contribution in [3.63, 3.8) is 0 Å². The maximum atomic E-state index is 9.36. The molecule has 0 atom stereocenters. The van der Waals surface area contributed by atoms with E-state index in [2.05, 4.69) is 35.4 Å². The van der Waals surface area contributed by atoms with Crippen LogP contribution in [0.1, 0.15) is 11.1 Å². The van der Waals surface area contributed by atoms with Crippen molar-refractivity contribution in [3.8, 4) is 40.1 Å². The highest BCUT2D eigenvalue weighted by Gasteiger charge is 2.13. The molecule has 0 aliphatic heterocycles. The molecule has 4 rings (SSSR count). The summed E-state index contributed by atoms with van der Waals surface area (Å²) in [5, 5.41) is 13.9. The number of nitrogens with zero attached hydrogens (tertiary/aromatic N) is 3. The molecule has 0 radical (unpaired) electrons. The number of aryl methyl sites for hydroxylation is 1. The maximum Gasteiger partial charge on any atom is 0.218 e. The van der Waals surface area contributed by atoms with E-state index in [1.54, 1.807) is 16.8 Å². The van der Waals surface area contributed by atoms with E-state index in [4.69, 9.17) is 10.5 Å². The monoisotopic (exact) mass is 394 g/mol. The molecule has 2 N–H and O–H groups in total. The predicted octanol–water partition coefficient (Wildman–Crippen LogP) is 4.92. The van der Waals surface area contributed by atoms with Crippen LogP contribution in [-0.4, -0.2) is 16.3 Å². The first-order valence-electron chi connectivity index (χ1n) is 9.79. The van der Waals surface area contributed by atoms with Crippen molar-refractivity contribution in [1.82, 2.24) is 9.78 Å². The zero-order valence-electron chi connectivity index (χ0n) is 16.7. The maximum absolute atomic E-state index is 9.36. The van der Waals surface area contributed by atoms with Crippen LogP contribution in [-0.2, 0) is 13.5 Å². The van der Waals surface area contributed by atoms with Crippen molar-refractivity contribution in [1.29, 1.82) is 5.26 Å². The van der Waals surface area contributed by atoms with Gasteiger partial charge in [0.15, 0.2) is 0 Å². The third kappa shape index (κ3) is 4.09. The first-order valence-corrected chi connectivity index (χ1v) is 9.79. The number of hydrogen-bond donors (Lipinski definition) is 1. The minimum atomic E-state index is 0.541. The fraction of sp³-hybridized carbons (Fsp3) is 0.120. The Labute approximate surface area is 176 Å². The van der Waals surface area contributed by atoms with Gasteiger partial charge in [-0.3, -0.25) is 0 Å². The lowest BCUT2D eigenvalue weighted by molar-refractivity contribution is 0.432. The zero-order chi connectivity index (χ0) is 20.9. The molecular formula is C25H22N4O. The fourth-order valence-corrected chi connectivity index (χ4v) is 3.34. The molecule has 148 valence electrons. The van der Waals surface area contributed by atoms with Crippen LogP contribution in [0.2, 0.25) is 0 Å². The Bertz CT molecular complexity index is 1190. The van der Waals surface area contributed by atoms with Crippen LogP contribution < -0.4 is 10.5 Å². The average molecular weight is 394 g/mol. The van der Waals surface area contributed by atoms with Gasteiger partial charge in [0.1, 0.15) is 5.75 Å². The summed E-state index contributed by atoms with van der Waals surface area (Å²) in [5.41, 5.74) is 11.2. The van der Waals surface area contributed by atoms with Crippen LogP contribution in [0.5, 0.6) is 11.6 Å². The molecule has 3 aromatic carbocycles. The van der Waals surface area contributed by atoms with E-state index in [0.29, 0.717) is 23.7 Å². The van der Waals surface area contributed by atoms with E-state index >= 15 is 0 Å². The molecule has 5 nitrogen and oxygen atoms in total. The number of benzene rings is 3. The Balaban J connectivity index is 1.70. The summed E-state index contributed by atoms with van der Waals surface area (Å²) >= 11 is 0. The van der Waals surface area contributed by atoms with Gasteiger partial charge >= 0.3 is 0 Å². The Kier molecular flexibility index (Phi) is 5.60. The summed E-state index contributed by atoms with van der Waals surface area (Å²) in [6, 6.07) is 27.8. The lowest BCUT2D eigenvalue weighted by Crippen LogP contribution is -2.02. The van der Waals surface area contributed by atoms with Gasteiger partial charge in [-0.15, -0.1) is 0 Å². The fourth-order valence-electron chi connectivity index (χ4n) is 3.34. The molecule has 0 amide bonds. The van der Waals surface area contributed by atoms with Gasteiger partial charge in [0.2, 0.25) is 5.88 Å². The Morgan fingerprint density at radius 2 is 1.73 bits per heavy atom. The minimum Gasteiger partial charge on any atom is -0.439 e. The molecule has 0 saturated carbocycles. The molecule has 5 heteroatoms. The zero-order valence-corrected chi connectivity index (χ0v) is 16.7. The summed E-state index contributed by atoms with van der Waals surface area (Å²) in [5.74, 6) is 1.22. The van der Waals surface area contributed by atoms with E-state index in [1.807, 2.05) is 49.5 Å².